The number of benzene rings is 2. The molecule has 0 atom stereocenters. The van der Waals surface area contributed by atoms with Crippen LogP contribution < -0.4 is 10.2 Å². The first-order valence-electron chi connectivity index (χ1n) is 5.55. The van der Waals surface area contributed by atoms with E-state index in [0.29, 0.717) is 9.79 Å². The molecule has 0 aliphatic rings. The fraction of sp³-hybridized carbons (Fsp3) is 0. The Labute approximate surface area is 139 Å². The van der Waals surface area contributed by atoms with E-state index in [-0.39, 0.29) is 28.2 Å². The van der Waals surface area contributed by atoms with Crippen LogP contribution in [0.4, 0.5) is 0 Å². The van der Waals surface area contributed by atoms with Gasteiger partial charge in [-0.1, -0.05) is 58.0 Å². The molecule has 2 aromatic rings. The van der Waals surface area contributed by atoms with Crippen molar-refractivity contribution in [3.63, 3.8) is 0 Å². The molecule has 0 fully saturated rings. The average molecular weight is 359 g/mol. The van der Waals surface area contributed by atoms with Crippen LogP contribution in [-0.4, -0.2) is 11.9 Å². The number of carbonyl (C=O) groups excluding carboxylic acids is 2. The summed E-state index contributed by atoms with van der Waals surface area (Å²) in [4.78, 5) is 23.0. The molecule has 0 saturated heterocycles. The molecule has 0 bridgehead atoms. The summed E-state index contributed by atoms with van der Waals surface area (Å²) < 4.78 is 0. The molecule has 0 N–H and O–H groups in total. The molecule has 0 heterocycles. The zero-order valence-electron chi connectivity index (χ0n) is 10.4. The van der Waals surface area contributed by atoms with Crippen LogP contribution in [0.5, 0.6) is 0 Å². The molecule has 0 aliphatic carbocycles. The predicted octanol–water partition coefficient (Wildman–Crippen LogP) is 1.21. The van der Waals surface area contributed by atoms with Gasteiger partial charge in [-0.2, -0.15) is 0 Å². The number of hydrogen-bond donors (Lipinski definition) is 0. The minimum Gasteiger partial charge on any atom is -0.545 e. The Morgan fingerprint density at radius 3 is 1.38 bits per heavy atom. The zero-order valence-corrected chi connectivity index (χ0v) is 13.3. The maximum absolute atomic E-state index is 11.0. The van der Waals surface area contributed by atoms with E-state index >= 15 is 0 Å². The second-order valence-electron chi connectivity index (χ2n) is 3.73. The summed E-state index contributed by atoms with van der Waals surface area (Å²) >= 11 is 0. The van der Waals surface area contributed by atoms with Gasteiger partial charge in [0.2, 0.25) is 0 Å². The van der Waals surface area contributed by atoms with Crippen LogP contribution in [0, 0.1) is 0 Å². The number of carboxylic acids is 2. The van der Waals surface area contributed by atoms with E-state index in [4.69, 9.17) is 0 Å². The van der Waals surface area contributed by atoms with E-state index in [0.717, 1.165) is 21.6 Å². The van der Waals surface area contributed by atoms with Crippen molar-refractivity contribution < 1.29 is 36.9 Å². The van der Waals surface area contributed by atoms with Gasteiger partial charge >= 0.3 is 17.1 Å². The number of rotatable bonds is 5. The fourth-order valence-electron chi connectivity index (χ4n) is 1.51. The van der Waals surface area contributed by atoms with E-state index in [9.17, 15) is 19.8 Å². The van der Waals surface area contributed by atoms with Gasteiger partial charge in [0.25, 0.3) is 0 Å². The maximum atomic E-state index is 11.0. The molecule has 2 aromatic carbocycles. The molecule has 2 rings (SSSR count). The van der Waals surface area contributed by atoms with Gasteiger partial charge in [-0.15, -0.1) is 0 Å². The minimum absolute atomic E-state index is 0. The molecule has 0 aromatic heterocycles. The van der Waals surface area contributed by atoms with Crippen LogP contribution in [0.2, 0.25) is 0 Å². The molecule has 7 heteroatoms. The first kappa shape index (κ1) is 17.7. The molecule has 21 heavy (non-hydrogen) atoms. The summed E-state index contributed by atoms with van der Waals surface area (Å²) in [6.45, 7) is 0. The van der Waals surface area contributed by atoms with Gasteiger partial charge in [-0.05, 0) is 12.1 Å². The SMILES string of the molecule is O=C([O-])c1ccccc1SSc1ccccc1C(=O)[O-].[Mn+2]. The molecule has 4 nitrogen and oxygen atoms in total. The Balaban J connectivity index is 0.00000220. The quantitative estimate of drug-likeness (QED) is 0.590. The van der Waals surface area contributed by atoms with Crippen LogP contribution in [0.1, 0.15) is 20.7 Å². The van der Waals surface area contributed by atoms with Crippen LogP contribution in [0.15, 0.2) is 58.3 Å². The Morgan fingerprint density at radius 1 is 0.714 bits per heavy atom. The van der Waals surface area contributed by atoms with Gasteiger partial charge in [0.1, 0.15) is 0 Å². The standard InChI is InChI=1S/C14H10O4S2.Mn/c15-13(16)9-5-1-3-7-11(9)19-20-12-8-4-2-6-10(12)14(17)18;/h1-8H,(H,15,16)(H,17,18);/q;+2/p-2. The Hall–Kier alpha value is -1.40. The van der Waals surface area contributed by atoms with Gasteiger partial charge in [0.05, 0.1) is 11.9 Å². The third-order valence-electron chi connectivity index (χ3n) is 2.44. The van der Waals surface area contributed by atoms with Crippen molar-refractivity contribution in [1.29, 1.82) is 0 Å². The molecule has 107 valence electrons. The Morgan fingerprint density at radius 2 is 1.05 bits per heavy atom. The van der Waals surface area contributed by atoms with E-state index in [1.54, 1.807) is 36.4 Å². The van der Waals surface area contributed by atoms with Crippen LogP contribution in [0.3, 0.4) is 0 Å². The number of hydrogen-bond acceptors (Lipinski definition) is 6. The first-order chi connectivity index (χ1) is 9.59. The molecular weight excluding hydrogens is 351 g/mol. The minimum atomic E-state index is -1.26. The van der Waals surface area contributed by atoms with Crippen LogP contribution >= 0.6 is 21.6 Å². The summed E-state index contributed by atoms with van der Waals surface area (Å²) in [5.74, 6) is -2.52. The van der Waals surface area contributed by atoms with Crippen molar-refractivity contribution in [3.8, 4) is 0 Å². The van der Waals surface area contributed by atoms with Crippen molar-refractivity contribution in [2.24, 2.45) is 0 Å². The number of carboxylic acid groups (broad SMARTS) is 2. The summed E-state index contributed by atoms with van der Waals surface area (Å²) in [5.41, 5.74) is 0.159. The van der Waals surface area contributed by atoms with E-state index in [1.165, 1.54) is 12.1 Å². The molecule has 0 spiro atoms. The summed E-state index contributed by atoms with van der Waals surface area (Å²) in [7, 11) is 2.33. The molecule has 1 radical (unpaired) electrons. The second kappa shape index (κ2) is 8.14. The third-order valence-corrected chi connectivity index (χ3v) is 4.92. The topological polar surface area (TPSA) is 80.3 Å². The van der Waals surface area contributed by atoms with Crippen molar-refractivity contribution in [2.45, 2.75) is 9.79 Å². The normalized spacial score (nSPS) is 9.71. The fourth-order valence-corrected chi connectivity index (χ4v) is 3.85. The molecular formula is C14H8MnO4S2. The molecule has 0 aliphatic heterocycles. The van der Waals surface area contributed by atoms with Crippen molar-refractivity contribution >= 4 is 33.5 Å². The van der Waals surface area contributed by atoms with Gasteiger partial charge in [-0.25, -0.2) is 0 Å². The van der Waals surface area contributed by atoms with Crippen molar-refractivity contribution in [1.82, 2.24) is 0 Å². The monoisotopic (exact) mass is 359 g/mol. The molecule has 0 amide bonds. The summed E-state index contributed by atoms with van der Waals surface area (Å²) in [6, 6.07) is 12.8. The number of carbonyl (C=O) groups is 2. The smallest absolute Gasteiger partial charge is 0.545 e. The molecule has 0 unspecified atom stereocenters. The van der Waals surface area contributed by atoms with Gasteiger partial charge in [0, 0.05) is 20.9 Å². The number of aromatic carboxylic acids is 2. The van der Waals surface area contributed by atoms with E-state index < -0.39 is 11.9 Å². The average Bonchev–Trinajstić information content (AvgIpc) is 2.45. The Bertz CT molecular complexity index is 603. The summed E-state index contributed by atoms with van der Waals surface area (Å²) in [5, 5.41) is 21.9. The van der Waals surface area contributed by atoms with Gasteiger partial charge in [0.15, 0.2) is 0 Å². The van der Waals surface area contributed by atoms with E-state index in [1.807, 2.05) is 0 Å². The zero-order chi connectivity index (χ0) is 14.5. The summed E-state index contributed by atoms with van der Waals surface area (Å²) in [6.07, 6.45) is 0. The van der Waals surface area contributed by atoms with Crippen LogP contribution in [0.25, 0.3) is 0 Å². The van der Waals surface area contributed by atoms with E-state index in [2.05, 4.69) is 0 Å². The van der Waals surface area contributed by atoms with Gasteiger partial charge < -0.3 is 19.8 Å². The maximum Gasteiger partial charge on any atom is 2.00 e. The Kier molecular flexibility index (Phi) is 6.84. The second-order valence-corrected chi connectivity index (χ2v) is 5.95. The predicted molar refractivity (Wildman–Crippen MR) is 73.3 cm³/mol. The largest absolute Gasteiger partial charge is 2.00 e. The van der Waals surface area contributed by atoms with Crippen molar-refractivity contribution in [2.75, 3.05) is 0 Å². The van der Waals surface area contributed by atoms with Gasteiger partial charge in [-0.3, -0.25) is 0 Å². The third kappa shape index (κ3) is 4.54. The van der Waals surface area contributed by atoms with Crippen LogP contribution in [-0.2, 0) is 17.1 Å². The van der Waals surface area contributed by atoms with Crippen molar-refractivity contribution in [3.05, 3.63) is 59.7 Å². The molecule has 0 saturated carbocycles. The first-order valence-corrected chi connectivity index (χ1v) is 7.70.